The maximum atomic E-state index is 13.8. The highest BCUT2D eigenvalue weighted by Gasteiger charge is 2.40. The maximum Gasteiger partial charge on any atom is 0.254 e. The topological polar surface area (TPSA) is 49.3 Å². The smallest absolute Gasteiger partial charge is 0.254 e. The first-order valence-corrected chi connectivity index (χ1v) is 7.37. The van der Waals surface area contributed by atoms with E-state index in [2.05, 4.69) is 17.2 Å². The van der Waals surface area contributed by atoms with E-state index in [-0.39, 0.29) is 24.1 Å². The van der Waals surface area contributed by atoms with Gasteiger partial charge in [-0.3, -0.25) is 4.79 Å². The molecule has 0 aromatic heterocycles. The molecule has 0 spiro atoms. The Morgan fingerprint density at radius 1 is 1.38 bits per heavy atom. The molecule has 3 atom stereocenters. The van der Waals surface area contributed by atoms with Crippen molar-refractivity contribution in [3.8, 4) is 11.8 Å². The van der Waals surface area contributed by atoms with E-state index in [4.69, 9.17) is 5.11 Å². The van der Waals surface area contributed by atoms with Gasteiger partial charge in [-0.1, -0.05) is 18.3 Å². The number of carbonyl (C=O) groups is 1. The van der Waals surface area contributed by atoms with E-state index in [1.165, 1.54) is 37.5 Å². The van der Waals surface area contributed by atoms with Crippen LogP contribution in [0.3, 0.4) is 0 Å². The summed E-state index contributed by atoms with van der Waals surface area (Å²) in [5.41, 5.74) is 0.561. The quantitative estimate of drug-likeness (QED) is 0.818. The van der Waals surface area contributed by atoms with Gasteiger partial charge in [-0.05, 0) is 49.3 Å². The molecular weight excluding hydrogens is 269 g/mol. The van der Waals surface area contributed by atoms with Crippen LogP contribution in [0, 0.1) is 29.5 Å². The summed E-state index contributed by atoms with van der Waals surface area (Å²) in [5.74, 6) is 5.57. The van der Waals surface area contributed by atoms with Crippen LogP contribution >= 0.6 is 0 Å². The second-order valence-corrected chi connectivity index (χ2v) is 5.91. The lowest BCUT2D eigenvalue weighted by Crippen LogP contribution is -2.38. The number of aliphatic hydroxyl groups is 1. The molecule has 1 aromatic carbocycles. The molecule has 2 saturated carbocycles. The van der Waals surface area contributed by atoms with E-state index < -0.39 is 5.82 Å². The number of nitrogens with one attached hydrogen (secondary N) is 1. The average molecular weight is 287 g/mol. The van der Waals surface area contributed by atoms with Crippen LogP contribution < -0.4 is 5.32 Å². The first kappa shape index (κ1) is 14.1. The van der Waals surface area contributed by atoms with Gasteiger partial charge in [0.05, 0.1) is 5.56 Å². The molecular formula is C17H18FNO2. The van der Waals surface area contributed by atoms with Crippen molar-refractivity contribution in [3.63, 3.8) is 0 Å². The fourth-order valence-corrected chi connectivity index (χ4v) is 3.59. The highest BCUT2D eigenvalue weighted by atomic mass is 19.1. The van der Waals surface area contributed by atoms with Gasteiger partial charge in [0.15, 0.2) is 0 Å². The van der Waals surface area contributed by atoms with Gasteiger partial charge >= 0.3 is 0 Å². The van der Waals surface area contributed by atoms with Crippen molar-refractivity contribution in [2.75, 3.05) is 6.61 Å². The van der Waals surface area contributed by atoms with Crippen LogP contribution in [0.25, 0.3) is 0 Å². The first-order chi connectivity index (χ1) is 10.2. The molecule has 2 fully saturated rings. The molecule has 0 heterocycles. The summed E-state index contributed by atoms with van der Waals surface area (Å²) in [6.07, 6.45) is 4.63. The number of fused-ring (bicyclic) bond motifs is 2. The molecule has 110 valence electrons. The Kier molecular flexibility index (Phi) is 3.94. The van der Waals surface area contributed by atoms with E-state index in [1.54, 1.807) is 0 Å². The number of rotatable bonds is 2. The Bertz CT molecular complexity index is 617. The van der Waals surface area contributed by atoms with Crippen LogP contribution in [-0.4, -0.2) is 23.7 Å². The molecule has 1 amide bonds. The molecule has 3 rings (SSSR count). The molecule has 4 heteroatoms. The minimum Gasteiger partial charge on any atom is -0.384 e. The van der Waals surface area contributed by atoms with Crippen LogP contribution in [0.5, 0.6) is 0 Å². The third-order valence-corrected chi connectivity index (χ3v) is 4.58. The molecule has 1 aromatic rings. The molecule has 2 N–H and O–H groups in total. The Balaban J connectivity index is 1.74. The minimum absolute atomic E-state index is 0.0301. The number of hydrogen-bond acceptors (Lipinski definition) is 2. The zero-order valence-electron chi connectivity index (χ0n) is 11.7. The number of halogens is 1. The third kappa shape index (κ3) is 2.93. The van der Waals surface area contributed by atoms with Gasteiger partial charge in [-0.15, -0.1) is 0 Å². The van der Waals surface area contributed by atoms with Gasteiger partial charge in [-0.2, -0.15) is 0 Å². The van der Waals surface area contributed by atoms with Gasteiger partial charge in [0.25, 0.3) is 5.91 Å². The van der Waals surface area contributed by atoms with Crippen molar-refractivity contribution in [1.29, 1.82) is 0 Å². The number of aliphatic hydroxyl groups excluding tert-OH is 1. The largest absolute Gasteiger partial charge is 0.384 e. The van der Waals surface area contributed by atoms with Crippen molar-refractivity contribution in [3.05, 3.63) is 35.1 Å². The lowest BCUT2D eigenvalue weighted by atomic mass is 9.95. The van der Waals surface area contributed by atoms with Gasteiger partial charge in [0, 0.05) is 11.6 Å². The Morgan fingerprint density at radius 3 is 2.90 bits per heavy atom. The second-order valence-electron chi connectivity index (χ2n) is 5.91. The number of amides is 1. The van der Waals surface area contributed by atoms with Gasteiger partial charge in [-0.25, -0.2) is 4.39 Å². The summed E-state index contributed by atoms with van der Waals surface area (Å²) in [7, 11) is 0. The van der Waals surface area contributed by atoms with Crippen LogP contribution in [-0.2, 0) is 0 Å². The monoisotopic (exact) mass is 287 g/mol. The molecule has 0 aliphatic heterocycles. The van der Waals surface area contributed by atoms with Gasteiger partial charge in [0.1, 0.15) is 12.4 Å². The molecule has 2 aliphatic rings. The average Bonchev–Trinajstić information content (AvgIpc) is 3.09. The van der Waals surface area contributed by atoms with Crippen molar-refractivity contribution in [2.24, 2.45) is 11.8 Å². The summed E-state index contributed by atoms with van der Waals surface area (Å²) in [5, 5.41) is 11.7. The zero-order valence-corrected chi connectivity index (χ0v) is 11.7. The Labute approximate surface area is 123 Å². The van der Waals surface area contributed by atoms with Crippen molar-refractivity contribution < 1.29 is 14.3 Å². The second kappa shape index (κ2) is 5.87. The van der Waals surface area contributed by atoms with Crippen molar-refractivity contribution in [2.45, 2.75) is 31.7 Å². The normalized spacial score (nSPS) is 26.3. The molecule has 3 unspecified atom stereocenters. The summed E-state index contributed by atoms with van der Waals surface area (Å²) in [6, 6.07) is 4.38. The van der Waals surface area contributed by atoms with Crippen LogP contribution in [0.15, 0.2) is 18.2 Å². The standard InChI is InChI=1S/C17H18FNO2/c18-15-6-4-11(2-1-7-20)9-14(15)17(21)19-16-10-12-3-5-13(16)8-12/h4,6,9,12-13,16,20H,3,5,7-8,10H2,(H,19,21). The first-order valence-electron chi connectivity index (χ1n) is 7.37. The zero-order chi connectivity index (χ0) is 14.8. The molecule has 2 bridgehead atoms. The molecule has 21 heavy (non-hydrogen) atoms. The summed E-state index contributed by atoms with van der Waals surface area (Å²) < 4.78 is 13.8. The number of benzene rings is 1. The number of carbonyl (C=O) groups excluding carboxylic acids is 1. The summed E-state index contributed by atoms with van der Waals surface area (Å²) >= 11 is 0. The van der Waals surface area contributed by atoms with Crippen molar-refractivity contribution in [1.82, 2.24) is 5.32 Å². The van der Waals surface area contributed by atoms with Crippen LogP contribution in [0.2, 0.25) is 0 Å². The fraction of sp³-hybridized carbons (Fsp3) is 0.471. The minimum atomic E-state index is -0.537. The summed E-state index contributed by atoms with van der Waals surface area (Å²) in [6.45, 7) is -0.260. The highest BCUT2D eigenvalue weighted by Crippen LogP contribution is 2.44. The SMILES string of the molecule is O=C(NC1CC2CCC1C2)c1cc(C#CCO)ccc1F. The van der Waals surface area contributed by atoms with E-state index >= 15 is 0 Å². The lowest BCUT2D eigenvalue weighted by molar-refractivity contribution is 0.0919. The van der Waals surface area contributed by atoms with Crippen molar-refractivity contribution >= 4 is 5.91 Å². The molecule has 2 aliphatic carbocycles. The van der Waals surface area contributed by atoms with E-state index in [0.29, 0.717) is 11.5 Å². The van der Waals surface area contributed by atoms with E-state index in [1.807, 2.05) is 0 Å². The van der Waals surface area contributed by atoms with Gasteiger partial charge in [0.2, 0.25) is 0 Å². The Morgan fingerprint density at radius 2 is 2.24 bits per heavy atom. The van der Waals surface area contributed by atoms with Crippen LogP contribution in [0.4, 0.5) is 4.39 Å². The van der Waals surface area contributed by atoms with Crippen LogP contribution in [0.1, 0.15) is 41.6 Å². The maximum absolute atomic E-state index is 13.8. The molecule has 3 nitrogen and oxygen atoms in total. The predicted octanol–water partition coefficient (Wildman–Crippen LogP) is 2.09. The highest BCUT2D eigenvalue weighted by molar-refractivity contribution is 5.95. The van der Waals surface area contributed by atoms with Gasteiger partial charge < -0.3 is 10.4 Å². The third-order valence-electron chi connectivity index (χ3n) is 4.58. The number of hydrogen-bond donors (Lipinski definition) is 2. The molecule has 0 radical (unpaired) electrons. The predicted molar refractivity (Wildman–Crippen MR) is 77.1 cm³/mol. The van der Waals surface area contributed by atoms with E-state index in [9.17, 15) is 9.18 Å². The lowest BCUT2D eigenvalue weighted by Gasteiger charge is -2.23. The molecule has 0 saturated heterocycles. The fourth-order valence-electron chi connectivity index (χ4n) is 3.59. The Hall–Kier alpha value is -1.86. The summed E-state index contributed by atoms with van der Waals surface area (Å²) in [4.78, 5) is 12.3. The van der Waals surface area contributed by atoms with E-state index in [0.717, 1.165) is 12.3 Å².